The minimum absolute atomic E-state index is 0.0611. The van der Waals surface area contributed by atoms with Gasteiger partial charge in [-0.15, -0.1) is 0 Å². The lowest BCUT2D eigenvalue weighted by Gasteiger charge is -2.10. The molecule has 0 saturated carbocycles. The molecule has 2 unspecified atom stereocenters. The number of phenols is 1. The minimum Gasteiger partial charge on any atom is -0.502 e. The fourth-order valence-electron chi connectivity index (χ4n) is 1.51. The van der Waals surface area contributed by atoms with Crippen molar-refractivity contribution >= 4 is 22.4 Å². The summed E-state index contributed by atoms with van der Waals surface area (Å²) in [4.78, 5) is 21.7. The third-order valence-electron chi connectivity index (χ3n) is 2.86. The maximum Gasteiger partial charge on any atom is 0.311 e. The summed E-state index contributed by atoms with van der Waals surface area (Å²) >= 11 is 0. The maximum atomic E-state index is 11.8. The summed E-state index contributed by atoms with van der Waals surface area (Å²) in [5, 5.41) is 22.8. The highest BCUT2D eigenvalue weighted by Gasteiger charge is 2.20. The van der Waals surface area contributed by atoms with Gasteiger partial charge in [-0.1, -0.05) is 13.0 Å². The Hall–Kier alpha value is -1.96. The first-order chi connectivity index (χ1) is 9.34. The van der Waals surface area contributed by atoms with Crippen LogP contribution in [0.3, 0.4) is 0 Å². The summed E-state index contributed by atoms with van der Waals surface area (Å²) in [6, 6.07) is 3.75. The molecule has 0 bridgehead atoms. The van der Waals surface area contributed by atoms with Gasteiger partial charge >= 0.3 is 5.69 Å². The van der Waals surface area contributed by atoms with Crippen LogP contribution in [0.2, 0.25) is 0 Å². The number of hydrogen-bond donors (Lipinski definition) is 2. The Balaban J connectivity index is 2.71. The molecule has 1 rings (SSSR count). The van der Waals surface area contributed by atoms with Crippen molar-refractivity contribution in [3.8, 4) is 5.75 Å². The molecule has 0 heterocycles. The van der Waals surface area contributed by atoms with Crippen LogP contribution in [0.5, 0.6) is 5.75 Å². The average Bonchev–Trinajstić information content (AvgIpc) is 2.38. The smallest absolute Gasteiger partial charge is 0.311 e. The lowest BCUT2D eigenvalue weighted by molar-refractivity contribution is -0.385. The van der Waals surface area contributed by atoms with E-state index in [1.54, 1.807) is 13.2 Å². The highest BCUT2D eigenvalue weighted by Crippen LogP contribution is 2.28. The van der Waals surface area contributed by atoms with E-state index in [9.17, 15) is 24.2 Å². The molecule has 0 fully saturated rings. The Morgan fingerprint density at radius 1 is 1.55 bits per heavy atom. The maximum absolute atomic E-state index is 11.8. The molecule has 0 aromatic heterocycles. The van der Waals surface area contributed by atoms with Gasteiger partial charge in [-0.05, 0) is 12.5 Å². The normalized spacial score (nSPS) is 13.5. The standard InChI is InChI=1S/C12H16N2O5S/c1-8(20(2)19)6-7-13-12(16)9-4-3-5-10(11(9)15)14(17)18/h3-5,8,15H,6-7H2,1-2H3,(H,13,16). The Kier molecular flexibility index (Phi) is 5.63. The van der Waals surface area contributed by atoms with Crippen LogP contribution in [-0.4, -0.2) is 38.2 Å². The number of para-hydroxylation sites is 1. The summed E-state index contributed by atoms with van der Waals surface area (Å²) in [6.07, 6.45) is 2.10. The zero-order chi connectivity index (χ0) is 15.3. The van der Waals surface area contributed by atoms with Gasteiger partial charge in [-0.2, -0.15) is 0 Å². The lowest BCUT2D eigenvalue weighted by Crippen LogP contribution is -2.27. The summed E-state index contributed by atoms with van der Waals surface area (Å²) < 4.78 is 11.1. The first-order valence-electron chi connectivity index (χ1n) is 5.91. The van der Waals surface area contributed by atoms with Crippen molar-refractivity contribution in [2.24, 2.45) is 0 Å². The number of amides is 1. The van der Waals surface area contributed by atoms with Gasteiger partial charge in [0.1, 0.15) is 0 Å². The molecular weight excluding hydrogens is 284 g/mol. The van der Waals surface area contributed by atoms with Crippen molar-refractivity contribution in [2.45, 2.75) is 18.6 Å². The Bertz CT molecular complexity index is 547. The largest absolute Gasteiger partial charge is 0.502 e. The van der Waals surface area contributed by atoms with E-state index in [4.69, 9.17) is 0 Å². The van der Waals surface area contributed by atoms with Gasteiger partial charge in [0.05, 0.1) is 10.5 Å². The first kappa shape index (κ1) is 16.1. The van der Waals surface area contributed by atoms with E-state index in [2.05, 4.69) is 5.32 Å². The van der Waals surface area contributed by atoms with Crippen LogP contribution in [0.1, 0.15) is 23.7 Å². The fourth-order valence-corrected chi connectivity index (χ4v) is 1.96. The molecule has 1 amide bonds. The van der Waals surface area contributed by atoms with E-state index in [1.807, 2.05) is 0 Å². The number of nitrogens with zero attached hydrogens (tertiary/aromatic N) is 1. The fraction of sp³-hybridized carbons (Fsp3) is 0.417. The second kappa shape index (κ2) is 6.99. The monoisotopic (exact) mass is 300 g/mol. The zero-order valence-corrected chi connectivity index (χ0v) is 12.0. The number of carbonyl (C=O) groups excluding carboxylic acids is 1. The summed E-state index contributed by atoms with van der Waals surface area (Å²) in [5.41, 5.74) is -0.662. The number of nitrogens with one attached hydrogen (secondary N) is 1. The Morgan fingerprint density at radius 3 is 2.75 bits per heavy atom. The van der Waals surface area contributed by atoms with Gasteiger partial charge in [0.25, 0.3) is 5.91 Å². The molecule has 0 aliphatic carbocycles. The van der Waals surface area contributed by atoms with Gasteiger partial charge in [0.15, 0.2) is 0 Å². The Morgan fingerprint density at radius 2 is 2.20 bits per heavy atom. The van der Waals surface area contributed by atoms with Gasteiger partial charge in [-0.25, -0.2) is 0 Å². The topological polar surface area (TPSA) is 110 Å². The van der Waals surface area contributed by atoms with Gasteiger partial charge in [0, 0.05) is 34.9 Å². The number of benzene rings is 1. The second-order valence-electron chi connectivity index (χ2n) is 4.28. The molecule has 2 atom stereocenters. The van der Waals surface area contributed by atoms with E-state index in [0.29, 0.717) is 6.42 Å². The van der Waals surface area contributed by atoms with Gasteiger partial charge in [0.2, 0.25) is 5.75 Å². The number of phenolic OH excluding ortho intramolecular Hbond substituents is 1. The van der Waals surface area contributed by atoms with Crippen molar-refractivity contribution in [1.29, 1.82) is 0 Å². The molecule has 0 saturated heterocycles. The SMILES string of the molecule is CC(CCNC(=O)c1cccc([N+](=O)[O-])c1O)S(C)=O. The lowest BCUT2D eigenvalue weighted by atomic mass is 10.1. The molecule has 1 aromatic carbocycles. The predicted octanol–water partition coefficient (Wildman–Crippen LogP) is 1.19. The van der Waals surface area contributed by atoms with Crippen molar-refractivity contribution in [2.75, 3.05) is 12.8 Å². The molecule has 0 radical (unpaired) electrons. The number of nitro benzene ring substituents is 1. The number of aromatic hydroxyl groups is 1. The van der Waals surface area contributed by atoms with Crippen LogP contribution in [-0.2, 0) is 10.8 Å². The Labute approximate surface area is 118 Å². The third-order valence-corrected chi connectivity index (χ3v) is 4.23. The zero-order valence-electron chi connectivity index (χ0n) is 11.2. The number of carbonyl (C=O) groups is 1. The molecule has 0 aliphatic rings. The average molecular weight is 300 g/mol. The van der Waals surface area contributed by atoms with E-state index in [0.717, 1.165) is 6.07 Å². The van der Waals surface area contributed by atoms with Crippen molar-refractivity contribution in [1.82, 2.24) is 5.32 Å². The summed E-state index contributed by atoms with van der Waals surface area (Å²) in [7, 11) is -0.974. The van der Waals surface area contributed by atoms with E-state index < -0.39 is 33.1 Å². The molecule has 7 nitrogen and oxygen atoms in total. The number of rotatable bonds is 6. The summed E-state index contributed by atoms with van der Waals surface area (Å²) in [6.45, 7) is 2.08. The molecule has 1 aromatic rings. The molecule has 110 valence electrons. The van der Waals surface area contributed by atoms with E-state index in [-0.39, 0.29) is 17.4 Å². The van der Waals surface area contributed by atoms with Gasteiger partial charge in [-0.3, -0.25) is 19.1 Å². The predicted molar refractivity (Wildman–Crippen MR) is 75.2 cm³/mol. The van der Waals surface area contributed by atoms with E-state index in [1.165, 1.54) is 12.1 Å². The molecule has 2 N–H and O–H groups in total. The highest BCUT2D eigenvalue weighted by atomic mass is 32.2. The molecule has 8 heteroatoms. The molecule has 0 spiro atoms. The molecule has 20 heavy (non-hydrogen) atoms. The first-order valence-corrected chi connectivity index (χ1v) is 7.53. The number of nitro groups is 1. The second-order valence-corrected chi connectivity index (χ2v) is 6.09. The van der Waals surface area contributed by atoms with Crippen LogP contribution in [0.25, 0.3) is 0 Å². The van der Waals surface area contributed by atoms with Crippen molar-refractivity contribution in [3.05, 3.63) is 33.9 Å². The summed E-state index contributed by atoms with van der Waals surface area (Å²) in [5.74, 6) is -1.25. The van der Waals surface area contributed by atoms with Crippen molar-refractivity contribution in [3.63, 3.8) is 0 Å². The highest BCUT2D eigenvalue weighted by molar-refractivity contribution is 7.84. The van der Waals surface area contributed by atoms with Crippen LogP contribution < -0.4 is 5.32 Å². The van der Waals surface area contributed by atoms with Crippen LogP contribution in [0, 0.1) is 10.1 Å². The minimum atomic E-state index is -0.974. The van der Waals surface area contributed by atoms with E-state index >= 15 is 0 Å². The quantitative estimate of drug-likeness (QED) is 0.605. The third kappa shape index (κ3) is 4.02. The van der Waals surface area contributed by atoms with Gasteiger partial charge < -0.3 is 10.4 Å². The van der Waals surface area contributed by atoms with Crippen molar-refractivity contribution < 1.29 is 19.0 Å². The number of hydrogen-bond acceptors (Lipinski definition) is 5. The molecule has 0 aliphatic heterocycles. The van der Waals surface area contributed by atoms with Crippen LogP contribution in [0.15, 0.2) is 18.2 Å². The molecular formula is C12H16N2O5S. The van der Waals surface area contributed by atoms with Crippen LogP contribution in [0.4, 0.5) is 5.69 Å². The van der Waals surface area contributed by atoms with Crippen LogP contribution >= 0.6 is 0 Å².